The fraction of sp³-hybridized carbons (Fsp3) is 0.667. The second-order valence-electron chi connectivity index (χ2n) is 6.47. The molecule has 1 saturated heterocycles. The Morgan fingerprint density at radius 3 is 2.71 bits per heavy atom. The molecule has 1 aromatic carbocycles. The molecule has 0 saturated carbocycles. The Morgan fingerprint density at radius 2 is 1.81 bits per heavy atom. The van der Waals surface area contributed by atoms with Crippen molar-refractivity contribution in [1.29, 1.82) is 0 Å². The molecule has 3 rings (SSSR count). The fourth-order valence-electron chi connectivity index (χ4n) is 3.91. The number of halogens is 1. The molecule has 2 nitrogen and oxygen atoms in total. The normalized spacial score (nSPS) is 24.5. The summed E-state index contributed by atoms with van der Waals surface area (Å²) in [4.78, 5) is 5.31. The van der Waals surface area contributed by atoms with Crippen LogP contribution in [0.3, 0.4) is 0 Å². The summed E-state index contributed by atoms with van der Waals surface area (Å²) in [6.45, 7) is 7.48. The zero-order valence-corrected chi connectivity index (χ0v) is 14.5. The van der Waals surface area contributed by atoms with Crippen LogP contribution in [0.2, 0.25) is 0 Å². The van der Waals surface area contributed by atoms with Crippen molar-refractivity contribution in [2.45, 2.75) is 31.6 Å². The zero-order valence-electron chi connectivity index (χ0n) is 12.9. The van der Waals surface area contributed by atoms with Crippen molar-refractivity contribution in [3.05, 3.63) is 35.4 Å². The molecular weight excluding hydrogens is 324 g/mol. The Hall–Kier alpha value is -0.380. The summed E-state index contributed by atoms with van der Waals surface area (Å²) in [5.74, 6) is 0.762. The Kier molecular flexibility index (Phi) is 5.73. The molecule has 0 bridgehead atoms. The van der Waals surface area contributed by atoms with Crippen LogP contribution in [-0.2, 0) is 6.42 Å². The lowest BCUT2D eigenvalue weighted by atomic mass is 9.82. The van der Waals surface area contributed by atoms with E-state index in [1.807, 2.05) is 0 Å². The largest absolute Gasteiger partial charge is 0.301 e. The molecule has 0 spiro atoms. The number of fused-ring (bicyclic) bond motifs is 1. The standard InChI is InChI=1S/C18H27BrN2/c19-9-12-20-10-4-11-21(14-13-20)15-17-7-3-6-16-5-1-2-8-18(16)17/h1-2,5,8,17H,3-4,6-7,9-15H2. The van der Waals surface area contributed by atoms with Crippen LogP contribution in [0.1, 0.15) is 36.3 Å². The van der Waals surface area contributed by atoms with Gasteiger partial charge in [-0.1, -0.05) is 40.2 Å². The zero-order chi connectivity index (χ0) is 14.5. The summed E-state index contributed by atoms with van der Waals surface area (Å²) in [6.07, 6.45) is 5.34. The maximum Gasteiger partial charge on any atom is 0.0159 e. The summed E-state index contributed by atoms with van der Waals surface area (Å²) in [6, 6.07) is 9.12. The lowest BCUT2D eigenvalue weighted by Gasteiger charge is -2.31. The lowest BCUT2D eigenvalue weighted by Crippen LogP contribution is -2.34. The molecule has 0 amide bonds. The molecule has 21 heavy (non-hydrogen) atoms. The van der Waals surface area contributed by atoms with Gasteiger partial charge < -0.3 is 9.80 Å². The fourth-order valence-corrected chi connectivity index (χ4v) is 4.41. The first-order valence-corrected chi connectivity index (χ1v) is 9.57. The molecule has 3 heteroatoms. The van der Waals surface area contributed by atoms with E-state index >= 15 is 0 Å². The Morgan fingerprint density at radius 1 is 1.00 bits per heavy atom. The highest BCUT2D eigenvalue weighted by Crippen LogP contribution is 2.32. The Balaban J connectivity index is 1.60. The minimum Gasteiger partial charge on any atom is -0.301 e. The molecule has 2 aliphatic rings. The van der Waals surface area contributed by atoms with Crippen molar-refractivity contribution >= 4 is 15.9 Å². The van der Waals surface area contributed by atoms with Gasteiger partial charge in [-0.2, -0.15) is 0 Å². The van der Waals surface area contributed by atoms with Gasteiger partial charge >= 0.3 is 0 Å². The highest BCUT2D eigenvalue weighted by atomic mass is 79.9. The minimum absolute atomic E-state index is 0.762. The first-order chi connectivity index (χ1) is 10.4. The van der Waals surface area contributed by atoms with Crippen molar-refractivity contribution in [2.75, 3.05) is 44.6 Å². The van der Waals surface area contributed by atoms with E-state index in [0.29, 0.717) is 0 Å². The van der Waals surface area contributed by atoms with Crippen LogP contribution in [0, 0.1) is 0 Å². The van der Waals surface area contributed by atoms with E-state index in [-0.39, 0.29) is 0 Å². The topological polar surface area (TPSA) is 6.48 Å². The van der Waals surface area contributed by atoms with Gasteiger partial charge in [0.05, 0.1) is 0 Å². The molecule has 116 valence electrons. The van der Waals surface area contributed by atoms with Gasteiger partial charge in [-0.3, -0.25) is 0 Å². The van der Waals surface area contributed by atoms with Crippen LogP contribution in [0.4, 0.5) is 0 Å². The van der Waals surface area contributed by atoms with E-state index in [1.54, 1.807) is 11.1 Å². The molecule has 0 radical (unpaired) electrons. The summed E-state index contributed by atoms with van der Waals surface area (Å²) in [5.41, 5.74) is 3.23. The molecule has 1 atom stereocenters. The quantitative estimate of drug-likeness (QED) is 0.766. The van der Waals surface area contributed by atoms with Crippen molar-refractivity contribution in [2.24, 2.45) is 0 Å². The third-order valence-corrected chi connectivity index (χ3v) is 5.41. The van der Waals surface area contributed by atoms with Gasteiger partial charge in [-0.25, -0.2) is 0 Å². The third kappa shape index (κ3) is 4.08. The second kappa shape index (κ2) is 7.75. The van der Waals surface area contributed by atoms with E-state index in [2.05, 4.69) is 50.0 Å². The number of nitrogens with zero attached hydrogens (tertiary/aromatic N) is 2. The van der Waals surface area contributed by atoms with Crippen molar-refractivity contribution in [1.82, 2.24) is 9.80 Å². The van der Waals surface area contributed by atoms with Crippen LogP contribution in [0.5, 0.6) is 0 Å². The van der Waals surface area contributed by atoms with E-state index in [1.165, 1.54) is 65.0 Å². The molecule has 1 fully saturated rings. The SMILES string of the molecule is BrCCN1CCCN(CC2CCCc3ccccc32)CC1. The van der Waals surface area contributed by atoms with E-state index in [9.17, 15) is 0 Å². The predicted molar refractivity (Wildman–Crippen MR) is 93.4 cm³/mol. The molecule has 0 aromatic heterocycles. The van der Waals surface area contributed by atoms with Crippen LogP contribution in [-0.4, -0.2) is 54.4 Å². The summed E-state index contributed by atoms with van der Waals surface area (Å²) in [7, 11) is 0. The van der Waals surface area contributed by atoms with Gasteiger partial charge in [0.1, 0.15) is 0 Å². The van der Waals surface area contributed by atoms with E-state index in [4.69, 9.17) is 0 Å². The van der Waals surface area contributed by atoms with Gasteiger partial charge in [-0.15, -0.1) is 0 Å². The van der Waals surface area contributed by atoms with Gasteiger partial charge in [-0.05, 0) is 55.8 Å². The molecule has 1 unspecified atom stereocenters. The number of benzene rings is 1. The summed E-state index contributed by atoms with van der Waals surface area (Å²) < 4.78 is 0. The predicted octanol–water partition coefficient (Wildman–Crippen LogP) is 3.51. The number of aryl methyl sites for hydroxylation is 1. The van der Waals surface area contributed by atoms with E-state index in [0.717, 1.165) is 11.2 Å². The molecule has 1 aliphatic heterocycles. The van der Waals surface area contributed by atoms with Gasteiger partial charge in [0.15, 0.2) is 0 Å². The number of rotatable bonds is 4. The second-order valence-corrected chi connectivity index (χ2v) is 7.27. The van der Waals surface area contributed by atoms with Crippen molar-refractivity contribution in [3.8, 4) is 0 Å². The number of alkyl halides is 1. The van der Waals surface area contributed by atoms with Crippen LogP contribution < -0.4 is 0 Å². The first-order valence-electron chi connectivity index (χ1n) is 8.45. The van der Waals surface area contributed by atoms with Gasteiger partial charge in [0.25, 0.3) is 0 Å². The number of hydrogen-bond acceptors (Lipinski definition) is 2. The molecule has 1 aromatic rings. The van der Waals surface area contributed by atoms with Crippen LogP contribution in [0.15, 0.2) is 24.3 Å². The minimum atomic E-state index is 0.762. The molecule has 1 aliphatic carbocycles. The Labute approximate surface area is 137 Å². The highest BCUT2D eigenvalue weighted by Gasteiger charge is 2.23. The molecular formula is C18H27BrN2. The highest BCUT2D eigenvalue weighted by molar-refractivity contribution is 9.09. The van der Waals surface area contributed by atoms with Crippen molar-refractivity contribution < 1.29 is 0 Å². The first kappa shape index (κ1) is 15.5. The summed E-state index contributed by atoms with van der Waals surface area (Å²) >= 11 is 3.57. The van der Waals surface area contributed by atoms with E-state index < -0.39 is 0 Å². The number of hydrogen-bond donors (Lipinski definition) is 0. The molecule has 1 heterocycles. The van der Waals surface area contributed by atoms with Crippen molar-refractivity contribution in [3.63, 3.8) is 0 Å². The Bertz CT molecular complexity index is 449. The maximum absolute atomic E-state index is 3.57. The van der Waals surface area contributed by atoms with Gasteiger partial charge in [0.2, 0.25) is 0 Å². The van der Waals surface area contributed by atoms with Crippen LogP contribution in [0.25, 0.3) is 0 Å². The monoisotopic (exact) mass is 350 g/mol. The maximum atomic E-state index is 3.57. The van der Waals surface area contributed by atoms with Crippen LogP contribution >= 0.6 is 15.9 Å². The summed E-state index contributed by atoms with van der Waals surface area (Å²) in [5, 5.41) is 1.10. The third-order valence-electron chi connectivity index (χ3n) is 5.05. The van der Waals surface area contributed by atoms with Gasteiger partial charge in [0, 0.05) is 31.5 Å². The smallest absolute Gasteiger partial charge is 0.0159 e. The lowest BCUT2D eigenvalue weighted by molar-refractivity contribution is 0.245. The average molecular weight is 351 g/mol. The average Bonchev–Trinajstić information content (AvgIpc) is 2.74. The molecule has 0 N–H and O–H groups in total.